The van der Waals surface area contributed by atoms with Crippen molar-refractivity contribution in [1.82, 2.24) is 0 Å². The first-order valence-electron chi connectivity index (χ1n) is 9.60. The number of aryl methyl sites for hydroxylation is 1. The molecule has 0 aliphatic heterocycles. The number of halogens is 1. The summed E-state index contributed by atoms with van der Waals surface area (Å²) in [5.74, 6) is -0.295. The molecule has 0 amide bonds. The van der Waals surface area contributed by atoms with Gasteiger partial charge in [0, 0.05) is 21.2 Å². The zero-order valence-electron chi connectivity index (χ0n) is 15.5. The van der Waals surface area contributed by atoms with Gasteiger partial charge in [-0.25, -0.2) is 0 Å². The highest BCUT2D eigenvalue weighted by Crippen LogP contribution is 2.36. The van der Waals surface area contributed by atoms with E-state index >= 15 is 0 Å². The molecule has 0 aromatic carbocycles. The van der Waals surface area contributed by atoms with E-state index in [-0.39, 0.29) is 24.4 Å². The van der Waals surface area contributed by atoms with Crippen LogP contribution in [-0.2, 0) is 11.2 Å². The van der Waals surface area contributed by atoms with Crippen LogP contribution >= 0.6 is 27.3 Å². The first kappa shape index (κ1) is 22.3. The van der Waals surface area contributed by atoms with E-state index in [0.29, 0.717) is 12.8 Å². The molecule has 1 saturated carbocycles. The maximum Gasteiger partial charge on any atom is 0.303 e. The number of allylic oxidation sites excluding steroid dienone is 3. The van der Waals surface area contributed by atoms with Crippen molar-refractivity contribution in [2.75, 3.05) is 0 Å². The zero-order chi connectivity index (χ0) is 19.6. The Kier molecular flexibility index (Phi) is 9.76. The third-order valence-corrected chi connectivity index (χ3v) is 6.82. The molecule has 2 rings (SSSR count). The lowest BCUT2D eigenvalue weighted by atomic mass is 9.90. The highest BCUT2D eigenvalue weighted by molar-refractivity contribution is 9.10. The van der Waals surface area contributed by atoms with Crippen LogP contribution in [0.15, 0.2) is 40.2 Å². The minimum absolute atomic E-state index is 0.178. The molecular weight excluding hydrogens is 428 g/mol. The van der Waals surface area contributed by atoms with E-state index in [0.717, 1.165) is 36.6 Å². The molecule has 0 radical (unpaired) electrons. The van der Waals surface area contributed by atoms with Crippen LogP contribution in [0.3, 0.4) is 0 Å². The van der Waals surface area contributed by atoms with Crippen LogP contribution in [0.25, 0.3) is 0 Å². The fourth-order valence-electron chi connectivity index (χ4n) is 3.53. The topological polar surface area (TPSA) is 77.8 Å². The lowest BCUT2D eigenvalue weighted by molar-refractivity contribution is -0.137. The fraction of sp³-hybridized carbons (Fsp3) is 0.571. The minimum Gasteiger partial charge on any atom is -0.481 e. The Labute approximate surface area is 173 Å². The van der Waals surface area contributed by atoms with Crippen molar-refractivity contribution < 1.29 is 20.1 Å². The van der Waals surface area contributed by atoms with E-state index in [9.17, 15) is 15.0 Å². The molecule has 27 heavy (non-hydrogen) atoms. The summed E-state index contributed by atoms with van der Waals surface area (Å²) in [5, 5.41) is 31.2. The molecule has 4 nitrogen and oxygen atoms in total. The number of carbonyl (C=O) groups is 1. The smallest absolute Gasteiger partial charge is 0.303 e. The van der Waals surface area contributed by atoms with E-state index in [4.69, 9.17) is 5.11 Å². The number of hydrogen-bond donors (Lipinski definition) is 3. The average Bonchev–Trinajstić information content (AvgIpc) is 3.20. The number of thiophene rings is 1. The van der Waals surface area contributed by atoms with Gasteiger partial charge >= 0.3 is 5.97 Å². The molecule has 3 N–H and O–H groups in total. The SMILES string of the molecule is O=C(O)CCC/C=C\C[C@H]1C(O)CC[C@@H]1/C=C/[C@@H](O)CCc1cc(Br)cs1. The number of carboxylic acid groups (broad SMARTS) is 1. The van der Waals surface area contributed by atoms with E-state index < -0.39 is 12.1 Å². The van der Waals surface area contributed by atoms with Gasteiger partial charge < -0.3 is 15.3 Å². The second-order valence-corrected chi connectivity index (χ2v) is 9.10. The number of unbranched alkanes of at least 4 members (excludes halogenated alkanes) is 1. The van der Waals surface area contributed by atoms with E-state index in [2.05, 4.69) is 39.5 Å². The summed E-state index contributed by atoms with van der Waals surface area (Å²) < 4.78 is 1.09. The Balaban J connectivity index is 1.74. The monoisotopic (exact) mass is 456 g/mol. The summed E-state index contributed by atoms with van der Waals surface area (Å²) in [7, 11) is 0. The maximum atomic E-state index is 10.5. The van der Waals surface area contributed by atoms with Crippen molar-refractivity contribution >= 4 is 33.2 Å². The Morgan fingerprint density at radius 3 is 2.89 bits per heavy atom. The van der Waals surface area contributed by atoms with Gasteiger partial charge in [0.2, 0.25) is 0 Å². The Bertz CT molecular complexity index is 640. The van der Waals surface area contributed by atoms with Crippen LogP contribution in [0, 0.1) is 11.8 Å². The zero-order valence-corrected chi connectivity index (χ0v) is 17.9. The molecule has 150 valence electrons. The second-order valence-electron chi connectivity index (χ2n) is 7.19. The molecule has 1 fully saturated rings. The molecular formula is C21H29BrO4S. The number of aliphatic hydroxyl groups is 2. The summed E-state index contributed by atoms with van der Waals surface area (Å²) in [6.45, 7) is 0. The van der Waals surface area contributed by atoms with Crippen LogP contribution in [0.1, 0.15) is 49.8 Å². The Morgan fingerprint density at radius 2 is 2.19 bits per heavy atom. The number of aliphatic hydroxyl groups excluding tert-OH is 2. The summed E-state index contributed by atoms with van der Waals surface area (Å²) in [6.07, 6.45) is 13.0. The average molecular weight is 457 g/mol. The molecule has 1 aromatic rings. The van der Waals surface area contributed by atoms with Crippen LogP contribution in [-0.4, -0.2) is 33.5 Å². The second kappa shape index (κ2) is 11.8. The van der Waals surface area contributed by atoms with Gasteiger partial charge in [0.15, 0.2) is 0 Å². The Morgan fingerprint density at radius 1 is 1.37 bits per heavy atom. The van der Waals surface area contributed by atoms with Gasteiger partial charge in [-0.15, -0.1) is 11.3 Å². The van der Waals surface area contributed by atoms with Gasteiger partial charge in [-0.05, 0) is 78.8 Å². The summed E-state index contributed by atoms with van der Waals surface area (Å²) in [6, 6.07) is 2.09. The number of hydrogen-bond acceptors (Lipinski definition) is 4. The quantitative estimate of drug-likeness (QED) is 0.325. The first-order valence-corrected chi connectivity index (χ1v) is 11.3. The molecule has 0 bridgehead atoms. The van der Waals surface area contributed by atoms with Crippen molar-refractivity contribution in [3.05, 3.63) is 45.1 Å². The number of rotatable bonds is 11. The van der Waals surface area contributed by atoms with E-state index in [1.807, 2.05) is 12.2 Å². The largest absolute Gasteiger partial charge is 0.481 e. The van der Waals surface area contributed by atoms with Crippen LogP contribution in [0.4, 0.5) is 0 Å². The van der Waals surface area contributed by atoms with Gasteiger partial charge in [-0.3, -0.25) is 4.79 Å². The molecule has 0 spiro atoms. The molecule has 1 aliphatic carbocycles. The molecule has 0 saturated heterocycles. The predicted molar refractivity (Wildman–Crippen MR) is 113 cm³/mol. The van der Waals surface area contributed by atoms with Gasteiger partial charge in [0.05, 0.1) is 12.2 Å². The van der Waals surface area contributed by atoms with Gasteiger partial charge in [0.1, 0.15) is 0 Å². The lowest BCUT2D eigenvalue weighted by Crippen LogP contribution is -2.17. The van der Waals surface area contributed by atoms with Gasteiger partial charge in [-0.2, -0.15) is 0 Å². The van der Waals surface area contributed by atoms with Gasteiger partial charge in [0.25, 0.3) is 0 Å². The standard InChI is InChI=1S/C21H29BrO4S/c22-16-13-18(27-14-16)11-10-17(23)9-7-15-8-12-20(24)19(15)5-3-1-2-4-6-21(25)26/h1,3,7,9,13-15,17,19-20,23-24H,2,4-6,8,10-12H2,(H,25,26)/b3-1-,9-7+/t15-,17+,19+,20?/m0/s1. The van der Waals surface area contributed by atoms with Crippen LogP contribution in [0.5, 0.6) is 0 Å². The molecule has 1 unspecified atom stereocenters. The van der Waals surface area contributed by atoms with Crippen LogP contribution < -0.4 is 0 Å². The summed E-state index contributed by atoms with van der Waals surface area (Å²) in [5.41, 5.74) is 0. The third-order valence-electron chi connectivity index (χ3n) is 5.07. The van der Waals surface area contributed by atoms with Crippen molar-refractivity contribution in [3.8, 4) is 0 Å². The van der Waals surface area contributed by atoms with Gasteiger partial charge in [-0.1, -0.05) is 24.3 Å². The highest BCUT2D eigenvalue weighted by Gasteiger charge is 2.32. The number of aliphatic carboxylic acids is 1. The summed E-state index contributed by atoms with van der Waals surface area (Å²) >= 11 is 5.14. The molecule has 6 heteroatoms. The highest BCUT2D eigenvalue weighted by atomic mass is 79.9. The minimum atomic E-state index is -0.759. The first-order chi connectivity index (χ1) is 13.0. The third kappa shape index (κ3) is 8.30. The normalized spacial score (nSPS) is 24.2. The molecule has 4 atom stereocenters. The van der Waals surface area contributed by atoms with E-state index in [1.54, 1.807) is 11.3 Å². The molecule has 1 heterocycles. The number of carboxylic acids is 1. The fourth-order valence-corrected chi connectivity index (χ4v) is 5.00. The predicted octanol–water partition coefficient (Wildman–Crippen LogP) is 4.95. The van der Waals surface area contributed by atoms with Crippen molar-refractivity contribution in [1.29, 1.82) is 0 Å². The maximum absolute atomic E-state index is 10.5. The Hall–Kier alpha value is -0.950. The summed E-state index contributed by atoms with van der Waals surface area (Å²) in [4.78, 5) is 11.8. The van der Waals surface area contributed by atoms with Crippen LogP contribution in [0.2, 0.25) is 0 Å². The van der Waals surface area contributed by atoms with E-state index in [1.165, 1.54) is 4.88 Å². The molecule has 1 aliphatic rings. The van der Waals surface area contributed by atoms with Crippen molar-refractivity contribution in [3.63, 3.8) is 0 Å². The van der Waals surface area contributed by atoms with Crippen molar-refractivity contribution in [2.24, 2.45) is 11.8 Å². The molecule has 1 aromatic heterocycles. The lowest BCUT2D eigenvalue weighted by Gasteiger charge is -2.18. The van der Waals surface area contributed by atoms with Crippen molar-refractivity contribution in [2.45, 2.75) is 63.6 Å².